The summed E-state index contributed by atoms with van der Waals surface area (Å²) in [6.07, 6.45) is 1.32. The molecule has 0 aliphatic heterocycles. The van der Waals surface area contributed by atoms with E-state index in [2.05, 4.69) is 9.97 Å². The second-order valence-corrected chi connectivity index (χ2v) is 7.25. The number of carbonyl (C=O) groups excluding carboxylic acids is 1. The third-order valence-electron chi connectivity index (χ3n) is 4.58. The minimum atomic E-state index is -0.967. The third-order valence-corrected chi connectivity index (χ3v) is 5.05. The van der Waals surface area contributed by atoms with Gasteiger partial charge in [-0.05, 0) is 47.5 Å². The van der Waals surface area contributed by atoms with Crippen LogP contribution in [0.4, 0.5) is 5.82 Å². The van der Waals surface area contributed by atoms with Crippen molar-refractivity contribution in [1.82, 2.24) is 9.97 Å². The number of anilines is 1. The van der Waals surface area contributed by atoms with Crippen molar-refractivity contribution in [2.75, 3.05) is 5.73 Å². The molecule has 0 aliphatic carbocycles. The van der Waals surface area contributed by atoms with Crippen LogP contribution in [0, 0.1) is 0 Å². The van der Waals surface area contributed by atoms with E-state index in [-0.39, 0.29) is 11.7 Å². The number of hydrogen-bond acceptors (Lipinski definition) is 6. The van der Waals surface area contributed by atoms with Crippen molar-refractivity contribution in [1.29, 1.82) is 0 Å². The number of alkyl halides is 1. The second kappa shape index (κ2) is 9.36. The minimum Gasteiger partial charge on any atom is -0.457 e. The van der Waals surface area contributed by atoms with Crippen LogP contribution in [0.5, 0.6) is 23.1 Å². The van der Waals surface area contributed by atoms with Crippen molar-refractivity contribution < 1.29 is 14.3 Å². The molecule has 1 aromatic heterocycles. The molecule has 0 radical (unpaired) electrons. The average molecular weight is 447 g/mol. The predicted octanol–water partition coefficient (Wildman–Crippen LogP) is 5.08. The van der Waals surface area contributed by atoms with Crippen LogP contribution in [-0.4, -0.2) is 15.9 Å². The Bertz CT molecular complexity index is 1230. The van der Waals surface area contributed by atoms with Gasteiger partial charge >= 0.3 is 0 Å². The first kappa shape index (κ1) is 21.1. The van der Waals surface area contributed by atoms with Crippen molar-refractivity contribution in [3.05, 3.63) is 90.8 Å². The molecule has 0 saturated heterocycles. The highest BCUT2D eigenvalue weighted by Crippen LogP contribution is 2.36. The lowest BCUT2D eigenvalue weighted by molar-refractivity contribution is -0.117. The lowest BCUT2D eigenvalue weighted by Crippen LogP contribution is -2.16. The summed E-state index contributed by atoms with van der Waals surface area (Å²) in [5, 5.41) is -0.967. The largest absolute Gasteiger partial charge is 0.457 e. The minimum absolute atomic E-state index is 0.259. The van der Waals surface area contributed by atoms with Crippen LogP contribution in [0.25, 0.3) is 11.1 Å². The van der Waals surface area contributed by atoms with Crippen LogP contribution >= 0.6 is 11.6 Å². The number of para-hydroxylation sites is 1. The summed E-state index contributed by atoms with van der Waals surface area (Å²) in [5.41, 5.74) is 13.2. The van der Waals surface area contributed by atoms with Gasteiger partial charge in [-0.3, -0.25) is 4.79 Å². The van der Waals surface area contributed by atoms with Gasteiger partial charge in [-0.2, -0.15) is 0 Å². The topological polar surface area (TPSA) is 113 Å². The fourth-order valence-corrected chi connectivity index (χ4v) is 3.19. The maximum absolute atomic E-state index is 11.4. The third kappa shape index (κ3) is 4.79. The molecule has 8 heteroatoms. The summed E-state index contributed by atoms with van der Waals surface area (Å²) in [6, 6.07) is 23.6. The van der Waals surface area contributed by atoms with E-state index in [9.17, 15) is 4.79 Å². The molecule has 1 unspecified atom stereocenters. The Labute approximate surface area is 189 Å². The highest BCUT2D eigenvalue weighted by atomic mass is 35.5. The van der Waals surface area contributed by atoms with Gasteiger partial charge in [0.25, 0.3) is 0 Å². The maximum Gasteiger partial charge on any atom is 0.240 e. The molecular formula is C24H19ClN4O3. The van der Waals surface area contributed by atoms with E-state index >= 15 is 0 Å². The van der Waals surface area contributed by atoms with Crippen LogP contribution < -0.4 is 20.9 Å². The number of rotatable bonds is 7. The molecular weight excluding hydrogens is 428 g/mol. The smallest absolute Gasteiger partial charge is 0.240 e. The molecule has 0 fully saturated rings. The van der Waals surface area contributed by atoms with Gasteiger partial charge in [-0.1, -0.05) is 42.5 Å². The number of hydrogen-bond donors (Lipinski definition) is 2. The summed E-state index contributed by atoms with van der Waals surface area (Å²) >= 11 is 6.05. The van der Waals surface area contributed by atoms with Crippen LogP contribution in [0.2, 0.25) is 0 Å². The van der Waals surface area contributed by atoms with Gasteiger partial charge in [0.05, 0.1) is 5.56 Å². The number of aromatic nitrogens is 2. The molecule has 3 aromatic carbocycles. The lowest BCUT2D eigenvalue weighted by atomic mass is 10.1. The van der Waals surface area contributed by atoms with Crippen molar-refractivity contribution >= 4 is 23.3 Å². The number of primary amides is 1. The zero-order valence-electron chi connectivity index (χ0n) is 16.8. The first-order chi connectivity index (χ1) is 15.5. The van der Waals surface area contributed by atoms with Crippen molar-refractivity contribution in [2.24, 2.45) is 5.73 Å². The fraction of sp³-hybridized carbons (Fsp3) is 0.0417. The van der Waals surface area contributed by atoms with Gasteiger partial charge in [0.15, 0.2) is 0 Å². The van der Waals surface area contributed by atoms with E-state index in [4.69, 9.17) is 32.5 Å². The van der Waals surface area contributed by atoms with E-state index in [0.717, 1.165) is 11.3 Å². The van der Waals surface area contributed by atoms with E-state index in [1.165, 1.54) is 6.33 Å². The Morgan fingerprint density at radius 1 is 0.844 bits per heavy atom. The first-order valence-corrected chi connectivity index (χ1v) is 10.1. The van der Waals surface area contributed by atoms with Gasteiger partial charge in [0.1, 0.15) is 34.8 Å². The SMILES string of the molecule is NC(=O)C(Cl)c1cccc(Oc2ncnc(N)c2-c2ccc(Oc3ccccc3)cc2)c1. The molecule has 0 spiro atoms. The quantitative estimate of drug-likeness (QED) is 0.383. The Morgan fingerprint density at radius 3 is 2.25 bits per heavy atom. The molecule has 160 valence electrons. The van der Waals surface area contributed by atoms with Gasteiger partial charge in [-0.25, -0.2) is 9.97 Å². The summed E-state index contributed by atoms with van der Waals surface area (Å²) in [4.78, 5) is 19.7. The lowest BCUT2D eigenvalue weighted by Gasteiger charge is -2.13. The number of nitrogen functional groups attached to an aromatic ring is 1. The Morgan fingerprint density at radius 2 is 1.53 bits per heavy atom. The molecule has 4 rings (SSSR count). The van der Waals surface area contributed by atoms with E-state index in [1.54, 1.807) is 24.3 Å². The van der Waals surface area contributed by atoms with Crippen LogP contribution in [0.1, 0.15) is 10.9 Å². The Kier molecular flexibility index (Phi) is 6.19. The molecule has 4 aromatic rings. The number of carbonyl (C=O) groups is 1. The Hall–Kier alpha value is -4.10. The monoisotopic (exact) mass is 446 g/mol. The van der Waals surface area contributed by atoms with E-state index in [1.807, 2.05) is 54.6 Å². The number of nitrogens with zero attached hydrogens (tertiary/aromatic N) is 2. The zero-order valence-corrected chi connectivity index (χ0v) is 17.6. The second-order valence-electron chi connectivity index (χ2n) is 6.82. The first-order valence-electron chi connectivity index (χ1n) is 9.66. The highest BCUT2D eigenvalue weighted by Gasteiger charge is 2.17. The number of ether oxygens (including phenoxy) is 2. The normalized spacial score (nSPS) is 11.5. The molecule has 0 aliphatic rings. The molecule has 4 N–H and O–H groups in total. The van der Waals surface area contributed by atoms with E-state index < -0.39 is 11.3 Å². The number of amides is 1. The number of benzene rings is 3. The standard InChI is InChI=1S/C24H19ClN4O3/c25-21(23(27)30)16-5-4-8-19(13-16)32-24-20(22(26)28-14-29-24)15-9-11-18(12-10-15)31-17-6-2-1-3-7-17/h1-14,21H,(H2,27,30)(H2,26,28,29). The van der Waals surface area contributed by atoms with E-state index in [0.29, 0.717) is 22.6 Å². The molecule has 0 saturated carbocycles. The highest BCUT2D eigenvalue weighted by molar-refractivity contribution is 6.30. The summed E-state index contributed by atoms with van der Waals surface area (Å²) in [7, 11) is 0. The van der Waals surface area contributed by atoms with Gasteiger partial charge < -0.3 is 20.9 Å². The number of nitrogens with two attached hydrogens (primary N) is 2. The maximum atomic E-state index is 11.4. The van der Waals surface area contributed by atoms with Crippen molar-refractivity contribution in [3.63, 3.8) is 0 Å². The molecule has 1 amide bonds. The molecule has 0 bridgehead atoms. The predicted molar refractivity (Wildman–Crippen MR) is 123 cm³/mol. The fourth-order valence-electron chi connectivity index (χ4n) is 3.06. The molecule has 1 heterocycles. The Balaban J connectivity index is 1.61. The summed E-state index contributed by atoms with van der Waals surface area (Å²) in [5.74, 6) is 1.71. The van der Waals surface area contributed by atoms with Crippen molar-refractivity contribution in [2.45, 2.75) is 5.38 Å². The summed E-state index contributed by atoms with van der Waals surface area (Å²) in [6.45, 7) is 0. The molecule has 1 atom stereocenters. The molecule has 7 nitrogen and oxygen atoms in total. The van der Waals surface area contributed by atoms with Gasteiger partial charge in [0.2, 0.25) is 11.8 Å². The van der Waals surface area contributed by atoms with Gasteiger partial charge in [0, 0.05) is 0 Å². The van der Waals surface area contributed by atoms with Crippen LogP contribution in [-0.2, 0) is 4.79 Å². The van der Waals surface area contributed by atoms with Gasteiger partial charge in [-0.15, -0.1) is 11.6 Å². The zero-order chi connectivity index (χ0) is 22.5. The average Bonchev–Trinajstić information content (AvgIpc) is 2.80. The number of halogens is 1. The van der Waals surface area contributed by atoms with Crippen LogP contribution in [0.15, 0.2) is 85.2 Å². The van der Waals surface area contributed by atoms with Crippen molar-refractivity contribution in [3.8, 4) is 34.3 Å². The molecule has 32 heavy (non-hydrogen) atoms. The van der Waals surface area contributed by atoms with Crippen LogP contribution in [0.3, 0.4) is 0 Å². The summed E-state index contributed by atoms with van der Waals surface area (Å²) < 4.78 is 11.8.